The van der Waals surface area contributed by atoms with Gasteiger partial charge in [0.2, 0.25) is 0 Å². The maximum absolute atomic E-state index is 6.37. The lowest BCUT2D eigenvalue weighted by atomic mass is 9.92. The Balaban J connectivity index is 1.73. The molecule has 1 fully saturated rings. The van der Waals surface area contributed by atoms with E-state index in [2.05, 4.69) is 27.1 Å². The number of rotatable bonds is 4. The molecule has 1 unspecified atom stereocenters. The first-order chi connectivity index (χ1) is 10.6. The van der Waals surface area contributed by atoms with Crippen molar-refractivity contribution in [3.05, 3.63) is 33.9 Å². The van der Waals surface area contributed by atoms with E-state index in [1.54, 1.807) is 4.68 Å². The summed E-state index contributed by atoms with van der Waals surface area (Å²) in [6, 6.07) is 0. The zero-order valence-electron chi connectivity index (χ0n) is 13.6. The molecule has 6 heteroatoms. The molecule has 120 valence electrons. The van der Waals surface area contributed by atoms with Gasteiger partial charge in [0, 0.05) is 37.3 Å². The molecule has 0 saturated carbocycles. The Kier molecular flexibility index (Phi) is 4.54. The van der Waals surface area contributed by atoms with Crippen LogP contribution in [0.2, 0.25) is 5.15 Å². The summed E-state index contributed by atoms with van der Waals surface area (Å²) in [7, 11) is 1.90. The number of hydrogen-bond donors (Lipinski definition) is 1. The van der Waals surface area contributed by atoms with Crippen molar-refractivity contribution in [2.45, 2.75) is 45.6 Å². The molecule has 3 rings (SSSR count). The van der Waals surface area contributed by atoms with Crippen molar-refractivity contribution in [3.63, 3.8) is 0 Å². The van der Waals surface area contributed by atoms with E-state index < -0.39 is 0 Å². The topological polar surface area (TPSA) is 49.7 Å². The molecule has 0 aromatic carbocycles. The fraction of sp³-hybridized carbons (Fsp3) is 0.625. The van der Waals surface area contributed by atoms with E-state index in [1.165, 1.54) is 24.1 Å². The summed E-state index contributed by atoms with van der Waals surface area (Å²) in [5.74, 6) is 0.543. The molecule has 5 nitrogen and oxygen atoms in total. The van der Waals surface area contributed by atoms with E-state index in [1.807, 2.05) is 20.2 Å². The second-order valence-electron chi connectivity index (χ2n) is 6.22. The molecule has 1 aliphatic heterocycles. The summed E-state index contributed by atoms with van der Waals surface area (Å²) in [5, 5.41) is 12.6. The van der Waals surface area contributed by atoms with Crippen LogP contribution in [0.4, 0.5) is 0 Å². The Bertz CT molecular complexity index is 645. The van der Waals surface area contributed by atoms with Crippen LogP contribution in [0.15, 0.2) is 6.20 Å². The fourth-order valence-electron chi connectivity index (χ4n) is 3.47. The first-order valence-corrected chi connectivity index (χ1v) is 8.40. The highest BCUT2D eigenvalue weighted by Gasteiger charge is 2.25. The van der Waals surface area contributed by atoms with Crippen molar-refractivity contribution in [3.8, 4) is 0 Å². The number of aryl methyl sites for hydroxylation is 3. The second-order valence-corrected chi connectivity index (χ2v) is 6.57. The quantitative estimate of drug-likeness (QED) is 0.941. The molecule has 22 heavy (non-hydrogen) atoms. The van der Waals surface area contributed by atoms with Crippen molar-refractivity contribution >= 4 is 11.6 Å². The van der Waals surface area contributed by atoms with Gasteiger partial charge in [-0.25, -0.2) is 0 Å². The average Bonchev–Trinajstić information content (AvgIpc) is 3.08. The second kappa shape index (κ2) is 6.42. The normalized spacial score (nSPS) is 19.7. The summed E-state index contributed by atoms with van der Waals surface area (Å²) >= 11 is 6.37. The van der Waals surface area contributed by atoms with Crippen LogP contribution < -0.4 is 0 Å². The Hall–Kier alpha value is -1.33. The standard InChI is InChI=1S/C16H24ClN5/c1-4-12-8-18-19-15(12)13-6-5-7-22(9-13)10-14-11(2)20-21(3)16(14)17/h8,13H,4-7,9-10H2,1-3H3,(H,18,19). The van der Waals surface area contributed by atoms with Crippen molar-refractivity contribution < 1.29 is 0 Å². The number of aromatic amines is 1. The number of likely N-dealkylation sites (tertiary alicyclic amines) is 1. The van der Waals surface area contributed by atoms with Gasteiger partial charge in [0.25, 0.3) is 0 Å². The van der Waals surface area contributed by atoms with E-state index in [0.29, 0.717) is 5.92 Å². The maximum Gasteiger partial charge on any atom is 0.131 e. The Labute approximate surface area is 136 Å². The average molecular weight is 322 g/mol. The van der Waals surface area contributed by atoms with Crippen LogP contribution in [0.25, 0.3) is 0 Å². The lowest BCUT2D eigenvalue weighted by Crippen LogP contribution is -2.34. The molecule has 2 aromatic heterocycles. The third-order valence-corrected chi connectivity index (χ3v) is 5.17. The van der Waals surface area contributed by atoms with Gasteiger partial charge in [-0.1, -0.05) is 18.5 Å². The van der Waals surface area contributed by atoms with E-state index in [0.717, 1.165) is 42.5 Å². The lowest BCUT2D eigenvalue weighted by Gasteiger charge is -2.32. The van der Waals surface area contributed by atoms with Gasteiger partial charge in [0.15, 0.2) is 0 Å². The predicted octanol–water partition coefficient (Wildman–Crippen LogP) is 3.05. The molecule has 0 aliphatic carbocycles. The van der Waals surface area contributed by atoms with Crippen molar-refractivity contribution in [2.24, 2.45) is 7.05 Å². The molecule has 1 aliphatic rings. The number of piperidine rings is 1. The van der Waals surface area contributed by atoms with Crippen LogP contribution in [0.1, 0.15) is 48.2 Å². The zero-order valence-corrected chi connectivity index (χ0v) is 14.3. The number of aromatic nitrogens is 4. The van der Waals surface area contributed by atoms with E-state index in [-0.39, 0.29) is 0 Å². The van der Waals surface area contributed by atoms with Crippen LogP contribution in [0.5, 0.6) is 0 Å². The molecule has 3 heterocycles. The SMILES string of the molecule is CCc1cn[nH]c1C1CCCN(Cc2c(C)nn(C)c2Cl)C1. The zero-order chi connectivity index (χ0) is 15.7. The highest BCUT2D eigenvalue weighted by Crippen LogP contribution is 2.30. The minimum Gasteiger partial charge on any atom is -0.298 e. The van der Waals surface area contributed by atoms with Crippen LogP contribution in [-0.2, 0) is 20.0 Å². The molecule has 0 bridgehead atoms. The molecular weight excluding hydrogens is 298 g/mol. The molecule has 2 aromatic rings. The lowest BCUT2D eigenvalue weighted by molar-refractivity contribution is 0.198. The summed E-state index contributed by atoms with van der Waals surface area (Å²) in [4.78, 5) is 2.49. The van der Waals surface area contributed by atoms with Crippen molar-refractivity contribution in [1.82, 2.24) is 24.9 Å². The van der Waals surface area contributed by atoms with Crippen LogP contribution >= 0.6 is 11.6 Å². The molecule has 0 spiro atoms. The first kappa shape index (κ1) is 15.6. The van der Waals surface area contributed by atoms with Gasteiger partial charge in [-0.2, -0.15) is 10.2 Å². The van der Waals surface area contributed by atoms with Gasteiger partial charge in [-0.15, -0.1) is 0 Å². The highest BCUT2D eigenvalue weighted by atomic mass is 35.5. The van der Waals surface area contributed by atoms with Crippen LogP contribution in [0.3, 0.4) is 0 Å². The molecule has 1 N–H and O–H groups in total. The number of H-pyrrole nitrogens is 1. The Morgan fingerprint density at radius 1 is 1.45 bits per heavy atom. The number of hydrogen-bond acceptors (Lipinski definition) is 3. The summed E-state index contributed by atoms with van der Waals surface area (Å²) in [6.45, 7) is 7.28. The minimum absolute atomic E-state index is 0.543. The van der Waals surface area contributed by atoms with Crippen molar-refractivity contribution in [1.29, 1.82) is 0 Å². The Morgan fingerprint density at radius 3 is 2.95 bits per heavy atom. The summed E-state index contributed by atoms with van der Waals surface area (Å²) in [5.41, 5.74) is 4.86. The van der Waals surface area contributed by atoms with Gasteiger partial charge in [-0.3, -0.25) is 14.7 Å². The summed E-state index contributed by atoms with van der Waals surface area (Å²) in [6.07, 6.45) is 5.45. The van der Waals surface area contributed by atoms with Gasteiger partial charge in [0.1, 0.15) is 5.15 Å². The fourth-order valence-corrected chi connectivity index (χ4v) is 3.70. The Morgan fingerprint density at radius 2 is 2.27 bits per heavy atom. The smallest absolute Gasteiger partial charge is 0.131 e. The molecule has 1 saturated heterocycles. The van der Waals surface area contributed by atoms with Crippen LogP contribution in [0, 0.1) is 6.92 Å². The number of halogens is 1. The predicted molar refractivity (Wildman–Crippen MR) is 88.2 cm³/mol. The minimum atomic E-state index is 0.543. The largest absolute Gasteiger partial charge is 0.298 e. The van der Waals surface area contributed by atoms with Gasteiger partial charge in [-0.05, 0) is 38.3 Å². The third kappa shape index (κ3) is 2.92. The molecule has 0 amide bonds. The summed E-state index contributed by atoms with van der Waals surface area (Å²) < 4.78 is 1.76. The molecular formula is C16H24ClN5. The number of nitrogens with one attached hydrogen (secondary N) is 1. The van der Waals surface area contributed by atoms with E-state index in [4.69, 9.17) is 11.6 Å². The molecule has 0 radical (unpaired) electrons. The third-order valence-electron chi connectivity index (χ3n) is 4.70. The van der Waals surface area contributed by atoms with Crippen LogP contribution in [-0.4, -0.2) is 38.0 Å². The first-order valence-electron chi connectivity index (χ1n) is 8.02. The van der Waals surface area contributed by atoms with Gasteiger partial charge >= 0.3 is 0 Å². The van der Waals surface area contributed by atoms with Gasteiger partial charge in [0.05, 0.1) is 11.9 Å². The van der Waals surface area contributed by atoms with E-state index >= 15 is 0 Å². The van der Waals surface area contributed by atoms with Crippen molar-refractivity contribution in [2.75, 3.05) is 13.1 Å². The molecule has 1 atom stereocenters. The number of nitrogens with zero attached hydrogens (tertiary/aromatic N) is 4. The monoisotopic (exact) mass is 321 g/mol. The highest BCUT2D eigenvalue weighted by molar-refractivity contribution is 6.30. The van der Waals surface area contributed by atoms with E-state index in [9.17, 15) is 0 Å². The van der Waals surface area contributed by atoms with Gasteiger partial charge < -0.3 is 0 Å². The maximum atomic E-state index is 6.37.